The molecule has 0 atom stereocenters. The molecule has 8 nitrogen and oxygen atoms in total. The van der Waals surface area contributed by atoms with E-state index >= 15 is 0 Å². The van der Waals surface area contributed by atoms with E-state index in [-0.39, 0.29) is 0 Å². The number of imidazole rings is 1. The summed E-state index contributed by atoms with van der Waals surface area (Å²) >= 11 is 0. The summed E-state index contributed by atoms with van der Waals surface area (Å²) in [5.41, 5.74) is 4.76. The number of nitrogens with zero attached hydrogens (tertiary/aromatic N) is 4. The number of hydrogen-bond donors (Lipinski definition) is 2. The highest BCUT2D eigenvalue weighted by atomic mass is 16.5. The zero-order valence-corrected chi connectivity index (χ0v) is 20.3. The molecule has 0 fully saturated rings. The van der Waals surface area contributed by atoms with Crippen molar-refractivity contribution >= 4 is 22.9 Å². The van der Waals surface area contributed by atoms with Crippen LogP contribution in [0.5, 0.6) is 11.5 Å². The van der Waals surface area contributed by atoms with Gasteiger partial charge in [-0.3, -0.25) is 4.57 Å². The van der Waals surface area contributed by atoms with Crippen LogP contribution in [0.15, 0.2) is 85.2 Å². The van der Waals surface area contributed by atoms with E-state index in [1.165, 1.54) is 5.56 Å². The maximum atomic E-state index is 5.26. The van der Waals surface area contributed by atoms with Crippen molar-refractivity contribution in [3.8, 4) is 17.2 Å². The summed E-state index contributed by atoms with van der Waals surface area (Å²) < 4.78 is 12.5. The minimum atomic E-state index is 0.547. The zero-order valence-electron chi connectivity index (χ0n) is 20.3. The summed E-state index contributed by atoms with van der Waals surface area (Å²) in [6.07, 6.45) is 2.62. The molecule has 0 saturated carbocycles. The van der Waals surface area contributed by atoms with Crippen molar-refractivity contribution in [2.24, 2.45) is 0 Å². The summed E-state index contributed by atoms with van der Waals surface area (Å²) in [5, 5.41) is 6.83. The fourth-order valence-corrected chi connectivity index (χ4v) is 3.92. The first-order valence-corrected chi connectivity index (χ1v) is 11.8. The van der Waals surface area contributed by atoms with Crippen LogP contribution in [0.4, 0.5) is 11.8 Å². The molecule has 8 heteroatoms. The average Bonchev–Trinajstić information content (AvgIpc) is 3.37. The summed E-state index contributed by atoms with van der Waals surface area (Å²) in [6, 6.07) is 26.1. The molecule has 0 radical (unpaired) electrons. The fraction of sp³-hybridized carbons (Fsp3) is 0.179. The lowest BCUT2D eigenvalue weighted by Gasteiger charge is -2.11. The summed E-state index contributed by atoms with van der Waals surface area (Å²) in [4.78, 5) is 14.2. The van der Waals surface area contributed by atoms with Crippen LogP contribution in [0.1, 0.15) is 11.1 Å². The van der Waals surface area contributed by atoms with Gasteiger partial charge in [0.15, 0.2) is 17.0 Å². The molecular formula is C28H28N6O2. The van der Waals surface area contributed by atoms with Gasteiger partial charge in [-0.2, -0.15) is 9.97 Å². The Balaban J connectivity index is 1.40. The van der Waals surface area contributed by atoms with Gasteiger partial charge in [0.1, 0.15) is 17.8 Å². The third-order valence-corrected chi connectivity index (χ3v) is 5.91. The van der Waals surface area contributed by atoms with Crippen molar-refractivity contribution < 1.29 is 9.47 Å². The van der Waals surface area contributed by atoms with Crippen molar-refractivity contribution in [1.29, 1.82) is 0 Å². The second kappa shape index (κ2) is 10.8. The number of methoxy groups -OCH3 is 2. The number of fused-ring (bicyclic) bond motifs is 1. The summed E-state index contributed by atoms with van der Waals surface area (Å²) in [7, 11) is 3.33. The van der Waals surface area contributed by atoms with Crippen molar-refractivity contribution in [2.45, 2.75) is 13.0 Å². The predicted molar refractivity (Wildman–Crippen MR) is 142 cm³/mol. The largest absolute Gasteiger partial charge is 0.497 e. The first-order chi connectivity index (χ1) is 17.7. The molecule has 182 valence electrons. The molecule has 5 aromatic rings. The maximum absolute atomic E-state index is 5.26. The number of para-hydroxylation sites is 1. The normalized spacial score (nSPS) is 10.8. The lowest BCUT2D eigenvalue weighted by Crippen LogP contribution is -2.11. The van der Waals surface area contributed by atoms with Crippen LogP contribution in [0.25, 0.3) is 16.9 Å². The highest BCUT2D eigenvalue weighted by molar-refractivity contribution is 5.85. The first kappa shape index (κ1) is 23.2. The molecule has 36 heavy (non-hydrogen) atoms. The molecule has 0 amide bonds. The first-order valence-electron chi connectivity index (χ1n) is 11.8. The number of benzene rings is 3. The topological polar surface area (TPSA) is 86.1 Å². The van der Waals surface area contributed by atoms with Crippen LogP contribution in [0, 0.1) is 0 Å². The van der Waals surface area contributed by atoms with Gasteiger partial charge in [0.05, 0.1) is 14.2 Å². The molecule has 3 aromatic carbocycles. The Morgan fingerprint density at radius 3 is 2.08 bits per heavy atom. The smallest absolute Gasteiger partial charge is 0.226 e. The number of rotatable bonds is 10. The van der Waals surface area contributed by atoms with Gasteiger partial charge in [0.25, 0.3) is 0 Å². The lowest BCUT2D eigenvalue weighted by atomic mass is 10.1. The van der Waals surface area contributed by atoms with Crippen LogP contribution in [-0.2, 0) is 13.0 Å². The van der Waals surface area contributed by atoms with Gasteiger partial charge in [-0.1, -0.05) is 42.5 Å². The second-order valence-electron chi connectivity index (χ2n) is 8.24. The van der Waals surface area contributed by atoms with Gasteiger partial charge in [0, 0.05) is 18.8 Å². The highest BCUT2D eigenvalue weighted by Gasteiger charge is 2.14. The Hall–Kier alpha value is -4.59. The number of aromatic nitrogens is 4. The van der Waals surface area contributed by atoms with E-state index in [1.807, 2.05) is 71.3 Å². The van der Waals surface area contributed by atoms with Gasteiger partial charge in [-0.15, -0.1) is 0 Å². The van der Waals surface area contributed by atoms with E-state index in [4.69, 9.17) is 19.4 Å². The van der Waals surface area contributed by atoms with Crippen LogP contribution in [0.3, 0.4) is 0 Å². The fourth-order valence-electron chi connectivity index (χ4n) is 3.92. The molecule has 2 heterocycles. The highest BCUT2D eigenvalue weighted by Crippen LogP contribution is 2.24. The van der Waals surface area contributed by atoms with Crippen molar-refractivity contribution in [1.82, 2.24) is 19.5 Å². The Bertz CT molecular complexity index is 1420. The van der Waals surface area contributed by atoms with Gasteiger partial charge in [-0.05, 0) is 53.9 Å². The van der Waals surface area contributed by atoms with Gasteiger partial charge in [-0.25, -0.2) is 4.98 Å². The molecule has 5 rings (SSSR count). The SMILES string of the molecule is COc1ccc(CCNc2nc(NCc3ccc(OC)cc3)c3ncn(-c4ccccc4)c3n2)cc1. The Kier molecular flexibility index (Phi) is 6.93. The number of hydrogen-bond acceptors (Lipinski definition) is 7. The van der Waals surface area contributed by atoms with Gasteiger partial charge < -0.3 is 20.1 Å². The molecule has 0 aliphatic carbocycles. The lowest BCUT2D eigenvalue weighted by molar-refractivity contribution is 0.414. The molecular weight excluding hydrogens is 452 g/mol. The Morgan fingerprint density at radius 1 is 0.750 bits per heavy atom. The van der Waals surface area contributed by atoms with Crippen molar-refractivity contribution in [3.05, 3.63) is 96.3 Å². The number of nitrogens with one attached hydrogen (secondary N) is 2. The van der Waals surface area contributed by atoms with Crippen molar-refractivity contribution in [2.75, 3.05) is 31.4 Å². The zero-order chi connectivity index (χ0) is 24.7. The van der Waals surface area contributed by atoms with E-state index in [0.29, 0.717) is 30.4 Å². The second-order valence-corrected chi connectivity index (χ2v) is 8.24. The predicted octanol–water partition coefficient (Wildman–Crippen LogP) is 5.10. The number of anilines is 2. The molecule has 0 aliphatic heterocycles. The van der Waals surface area contributed by atoms with E-state index in [1.54, 1.807) is 20.5 Å². The molecule has 0 bridgehead atoms. The molecule has 0 unspecified atom stereocenters. The molecule has 2 N–H and O–H groups in total. The van der Waals surface area contributed by atoms with Crippen LogP contribution < -0.4 is 20.1 Å². The monoisotopic (exact) mass is 480 g/mol. The molecule has 0 saturated heterocycles. The van der Waals surface area contributed by atoms with Crippen LogP contribution in [-0.4, -0.2) is 40.3 Å². The van der Waals surface area contributed by atoms with E-state index < -0.39 is 0 Å². The molecule has 0 aliphatic rings. The third-order valence-electron chi connectivity index (χ3n) is 5.91. The van der Waals surface area contributed by atoms with Gasteiger partial charge in [0.2, 0.25) is 5.95 Å². The summed E-state index contributed by atoms with van der Waals surface area (Å²) in [6.45, 7) is 1.29. The van der Waals surface area contributed by atoms with Crippen LogP contribution in [0.2, 0.25) is 0 Å². The quantitative estimate of drug-likeness (QED) is 0.288. The molecule has 2 aromatic heterocycles. The number of ether oxygens (including phenoxy) is 2. The minimum Gasteiger partial charge on any atom is -0.497 e. The minimum absolute atomic E-state index is 0.547. The third kappa shape index (κ3) is 5.22. The van der Waals surface area contributed by atoms with E-state index in [9.17, 15) is 0 Å². The standard InChI is InChI=1S/C28H28N6O2/c1-35-23-12-8-20(9-13-23)16-17-29-28-32-26(30-18-21-10-14-24(36-2)15-11-21)25-27(33-28)34(19-31-25)22-6-4-3-5-7-22/h3-15,19H,16-18H2,1-2H3,(H2,29,30,32,33). The van der Waals surface area contributed by atoms with E-state index in [2.05, 4.69) is 27.8 Å². The summed E-state index contributed by atoms with van der Waals surface area (Å²) in [5.74, 6) is 2.90. The molecule has 0 spiro atoms. The maximum Gasteiger partial charge on any atom is 0.226 e. The van der Waals surface area contributed by atoms with E-state index in [0.717, 1.165) is 34.8 Å². The van der Waals surface area contributed by atoms with Crippen molar-refractivity contribution in [3.63, 3.8) is 0 Å². The van der Waals surface area contributed by atoms with Gasteiger partial charge >= 0.3 is 0 Å². The van der Waals surface area contributed by atoms with Crippen LogP contribution >= 0.6 is 0 Å². The Morgan fingerprint density at radius 2 is 1.42 bits per heavy atom. The average molecular weight is 481 g/mol. The Labute approximate surface area is 210 Å².